The van der Waals surface area contributed by atoms with E-state index in [1.165, 1.54) is 0 Å². The summed E-state index contributed by atoms with van der Waals surface area (Å²) in [6.07, 6.45) is 0. The van der Waals surface area contributed by atoms with Gasteiger partial charge in [-0.25, -0.2) is 4.79 Å². The van der Waals surface area contributed by atoms with E-state index in [1.54, 1.807) is 25.1 Å². The zero-order valence-corrected chi connectivity index (χ0v) is 12.5. The van der Waals surface area contributed by atoms with Gasteiger partial charge in [0.2, 0.25) is 0 Å². The lowest BCUT2D eigenvalue weighted by Crippen LogP contribution is -2.10. The number of carbonyl (C=O) groups is 1. The molecule has 0 heterocycles. The topological polar surface area (TPSA) is 64.3 Å². The van der Waals surface area contributed by atoms with Gasteiger partial charge in [-0.2, -0.15) is 0 Å². The number of rotatable bonds is 5. The minimum absolute atomic E-state index is 0.317. The maximum absolute atomic E-state index is 12.0. The van der Waals surface area contributed by atoms with Crippen molar-refractivity contribution < 1.29 is 9.53 Å². The molecule has 0 bridgehead atoms. The third-order valence-electron chi connectivity index (χ3n) is 2.97. The molecule has 0 spiro atoms. The van der Waals surface area contributed by atoms with E-state index >= 15 is 0 Å². The number of carbonyl (C=O) groups excluding carboxylic acids is 1. The Hall–Kier alpha value is -2.20. The van der Waals surface area contributed by atoms with Gasteiger partial charge in [-0.3, -0.25) is 0 Å². The number of nitrogens with two attached hydrogens (primary N) is 1. The summed E-state index contributed by atoms with van der Waals surface area (Å²) in [7, 11) is 0. The van der Waals surface area contributed by atoms with Crippen molar-refractivity contribution in [3.63, 3.8) is 0 Å². The molecule has 0 aliphatic rings. The highest BCUT2D eigenvalue weighted by molar-refractivity contribution is 6.31. The van der Waals surface area contributed by atoms with E-state index in [2.05, 4.69) is 5.32 Å². The fourth-order valence-corrected chi connectivity index (χ4v) is 2.13. The molecule has 0 saturated carbocycles. The highest BCUT2D eigenvalue weighted by Gasteiger charge is 2.13. The Kier molecular flexibility index (Phi) is 5.06. The van der Waals surface area contributed by atoms with E-state index in [9.17, 15) is 4.79 Å². The normalized spacial score (nSPS) is 10.2. The standard InChI is InChI=1S/C16H17ClN2O2/c1-2-21-16(20)13-9-12(18)7-8-15(13)19-10-11-5-3-4-6-14(11)17/h3-9,19H,2,10,18H2,1H3. The van der Waals surface area contributed by atoms with Gasteiger partial charge < -0.3 is 15.8 Å². The molecule has 2 aromatic rings. The molecule has 2 rings (SSSR count). The average molecular weight is 305 g/mol. The number of hydrogen-bond donors (Lipinski definition) is 2. The van der Waals surface area contributed by atoms with Gasteiger partial charge in [0.25, 0.3) is 0 Å². The van der Waals surface area contributed by atoms with Crippen LogP contribution in [0.4, 0.5) is 11.4 Å². The second-order valence-corrected chi connectivity index (χ2v) is 4.88. The largest absolute Gasteiger partial charge is 0.462 e. The minimum atomic E-state index is -0.397. The van der Waals surface area contributed by atoms with Crippen LogP contribution in [0, 0.1) is 0 Å². The van der Waals surface area contributed by atoms with Crippen LogP contribution in [0.1, 0.15) is 22.8 Å². The summed E-state index contributed by atoms with van der Waals surface area (Å²) in [5.41, 5.74) is 8.29. The van der Waals surface area contributed by atoms with E-state index in [-0.39, 0.29) is 0 Å². The summed E-state index contributed by atoms with van der Waals surface area (Å²) in [4.78, 5) is 12.0. The Balaban J connectivity index is 2.20. The van der Waals surface area contributed by atoms with Crippen LogP contribution in [-0.4, -0.2) is 12.6 Å². The first-order valence-corrected chi connectivity index (χ1v) is 7.03. The number of ether oxygens (including phenoxy) is 1. The predicted octanol–water partition coefficient (Wildman–Crippen LogP) is 3.71. The molecule has 0 aliphatic carbocycles. The fourth-order valence-electron chi connectivity index (χ4n) is 1.93. The summed E-state index contributed by atoms with van der Waals surface area (Å²) < 4.78 is 5.04. The lowest BCUT2D eigenvalue weighted by Gasteiger charge is -2.13. The van der Waals surface area contributed by atoms with Crippen LogP contribution in [0.25, 0.3) is 0 Å². The minimum Gasteiger partial charge on any atom is -0.462 e. The Morgan fingerprint density at radius 3 is 2.76 bits per heavy atom. The third kappa shape index (κ3) is 3.89. The molecular weight excluding hydrogens is 288 g/mol. The number of esters is 1. The lowest BCUT2D eigenvalue weighted by atomic mass is 10.1. The molecule has 110 valence electrons. The van der Waals surface area contributed by atoms with Gasteiger partial charge >= 0.3 is 5.97 Å². The van der Waals surface area contributed by atoms with Gasteiger partial charge in [-0.05, 0) is 36.8 Å². The number of halogens is 1. The van der Waals surface area contributed by atoms with Gasteiger partial charge in [-0.1, -0.05) is 29.8 Å². The molecule has 0 aliphatic heterocycles. The van der Waals surface area contributed by atoms with Crippen molar-refractivity contribution in [2.45, 2.75) is 13.5 Å². The van der Waals surface area contributed by atoms with Crippen molar-refractivity contribution in [2.24, 2.45) is 0 Å². The molecule has 0 amide bonds. The summed E-state index contributed by atoms with van der Waals surface area (Å²) in [5.74, 6) is -0.397. The number of nitrogens with one attached hydrogen (secondary N) is 1. The van der Waals surface area contributed by atoms with Crippen LogP contribution in [-0.2, 0) is 11.3 Å². The van der Waals surface area contributed by atoms with Gasteiger partial charge in [0, 0.05) is 22.9 Å². The maximum atomic E-state index is 12.0. The zero-order chi connectivity index (χ0) is 15.2. The van der Waals surface area contributed by atoms with E-state index in [1.807, 2.05) is 24.3 Å². The summed E-state index contributed by atoms with van der Waals surface area (Å²) >= 11 is 6.12. The average Bonchev–Trinajstić information content (AvgIpc) is 2.47. The van der Waals surface area contributed by atoms with E-state index in [4.69, 9.17) is 22.1 Å². The van der Waals surface area contributed by atoms with Crippen molar-refractivity contribution in [2.75, 3.05) is 17.7 Å². The van der Waals surface area contributed by atoms with Crippen molar-refractivity contribution in [3.05, 3.63) is 58.6 Å². The van der Waals surface area contributed by atoms with Crippen LogP contribution < -0.4 is 11.1 Å². The van der Waals surface area contributed by atoms with Gasteiger partial charge in [0.05, 0.1) is 12.2 Å². The maximum Gasteiger partial charge on any atom is 0.340 e. The van der Waals surface area contributed by atoms with Gasteiger partial charge in [-0.15, -0.1) is 0 Å². The number of hydrogen-bond acceptors (Lipinski definition) is 4. The first-order chi connectivity index (χ1) is 10.1. The number of anilines is 2. The molecule has 5 heteroatoms. The number of benzene rings is 2. The zero-order valence-electron chi connectivity index (χ0n) is 11.7. The lowest BCUT2D eigenvalue weighted by molar-refractivity contribution is 0.0527. The first-order valence-electron chi connectivity index (χ1n) is 6.65. The Labute approximate surface area is 128 Å². The second kappa shape index (κ2) is 6.99. The monoisotopic (exact) mass is 304 g/mol. The smallest absolute Gasteiger partial charge is 0.340 e. The molecule has 0 saturated heterocycles. The molecule has 21 heavy (non-hydrogen) atoms. The molecular formula is C16H17ClN2O2. The highest BCUT2D eigenvalue weighted by atomic mass is 35.5. The van der Waals surface area contributed by atoms with E-state index in [0.717, 1.165) is 5.56 Å². The quantitative estimate of drug-likeness (QED) is 0.653. The molecule has 3 N–H and O–H groups in total. The van der Waals surface area contributed by atoms with Crippen LogP contribution in [0.15, 0.2) is 42.5 Å². The molecule has 0 radical (unpaired) electrons. The fraction of sp³-hybridized carbons (Fsp3) is 0.188. The second-order valence-electron chi connectivity index (χ2n) is 4.47. The molecule has 2 aromatic carbocycles. The van der Waals surface area contributed by atoms with Crippen molar-refractivity contribution in [1.29, 1.82) is 0 Å². The van der Waals surface area contributed by atoms with E-state index in [0.29, 0.717) is 35.1 Å². The Morgan fingerprint density at radius 2 is 2.05 bits per heavy atom. The van der Waals surface area contributed by atoms with Crippen LogP contribution in [0.2, 0.25) is 5.02 Å². The summed E-state index contributed by atoms with van der Waals surface area (Å²) in [6, 6.07) is 12.6. The molecule has 4 nitrogen and oxygen atoms in total. The molecule has 0 atom stereocenters. The van der Waals surface area contributed by atoms with Gasteiger partial charge in [0.1, 0.15) is 0 Å². The van der Waals surface area contributed by atoms with Crippen LogP contribution >= 0.6 is 11.6 Å². The van der Waals surface area contributed by atoms with Crippen molar-refractivity contribution in [3.8, 4) is 0 Å². The summed E-state index contributed by atoms with van der Waals surface area (Å²) in [6.45, 7) is 2.59. The third-order valence-corrected chi connectivity index (χ3v) is 3.33. The van der Waals surface area contributed by atoms with Crippen LogP contribution in [0.5, 0.6) is 0 Å². The first kappa shape index (κ1) is 15.2. The predicted molar refractivity (Wildman–Crippen MR) is 85.6 cm³/mol. The Bertz CT molecular complexity index is 644. The number of nitrogen functional groups attached to an aromatic ring is 1. The Morgan fingerprint density at radius 1 is 1.29 bits per heavy atom. The van der Waals surface area contributed by atoms with Gasteiger partial charge in [0.15, 0.2) is 0 Å². The van der Waals surface area contributed by atoms with Crippen LogP contribution in [0.3, 0.4) is 0 Å². The highest BCUT2D eigenvalue weighted by Crippen LogP contribution is 2.22. The SMILES string of the molecule is CCOC(=O)c1cc(N)ccc1NCc1ccccc1Cl. The summed E-state index contributed by atoms with van der Waals surface area (Å²) in [5, 5.41) is 3.87. The molecule has 0 fully saturated rings. The van der Waals surface area contributed by atoms with Crippen molar-refractivity contribution >= 4 is 28.9 Å². The van der Waals surface area contributed by atoms with Crippen molar-refractivity contribution in [1.82, 2.24) is 0 Å². The van der Waals surface area contributed by atoms with E-state index < -0.39 is 5.97 Å². The molecule has 0 unspecified atom stereocenters. The molecule has 0 aromatic heterocycles.